The van der Waals surface area contributed by atoms with Crippen LogP contribution in [-0.4, -0.2) is 23.9 Å². The zero-order chi connectivity index (χ0) is 25.3. The van der Waals surface area contributed by atoms with Gasteiger partial charge in [0.1, 0.15) is 11.0 Å². The van der Waals surface area contributed by atoms with Gasteiger partial charge in [0, 0.05) is 27.9 Å². The molecule has 36 heavy (non-hydrogen) atoms. The molecule has 1 heterocycles. The van der Waals surface area contributed by atoms with Crippen LogP contribution in [0, 0.1) is 0 Å². The van der Waals surface area contributed by atoms with E-state index in [2.05, 4.69) is 15.6 Å². The van der Waals surface area contributed by atoms with Crippen molar-refractivity contribution in [2.75, 3.05) is 17.7 Å². The summed E-state index contributed by atoms with van der Waals surface area (Å²) in [7, 11) is 1.63. The molecule has 8 heteroatoms. The molecule has 1 unspecified atom stereocenters. The number of carbonyl (C=O) groups excluding carboxylic acids is 2. The molecule has 4 aromatic rings. The number of amides is 2. The number of rotatable bonds is 10. The molecule has 4 rings (SSSR count). The largest absolute Gasteiger partial charge is 0.497 e. The lowest BCUT2D eigenvalue weighted by molar-refractivity contribution is -0.116. The Morgan fingerprint density at radius 2 is 1.78 bits per heavy atom. The standard InChI is InChI=1S/C28H27N3O3S2/c1-3-8-25(32)29-21-13-15-23(16-14-21)36-26(19-9-5-4-6-10-19)27(33)31-28-30-24(18-35-28)20-11-7-12-22(17-20)34-2/h4-7,9-18,26H,3,8H2,1-2H3,(H,29,32)(H,30,31,33). The second-order valence-electron chi connectivity index (χ2n) is 7.99. The molecule has 2 N–H and O–H groups in total. The molecule has 0 saturated carbocycles. The van der Waals surface area contributed by atoms with Crippen LogP contribution in [-0.2, 0) is 9.59 Å². The summed E-state index contributed by atoms with van der Waals surface area (Å²) in [6.07, 6.45) is 1.29. The van der Waals surface area contributed by atoms with Crippen LogP contribution in [0.15, 0.2) is 89.1 Å². The maximum atomic E-state index is 13.4. The van der Waals surface area contributed by atoms with Crippen LogP contribution in [0.25, 0.3) is 11.3 Å². The smallest absolute Gasteiger partial charge is 0.244 e. The highest BCUT2D eigenvalue weighted by Crippen LogP contribution is 2.37. The van der Waals surface area contributed by atoms with Gasteiger partial charge < -0.3 is 15.4 Å². The predicted molar refractivity (Wildman–Crippen MR) is 148 cm³/mol. The topological polar surface area (TPSA) is 80.3 Å². The molecular formula is C28H27N3O3S2. The summed E-state index contributed by atoms with van der Waals surface area (Å²) in [5.41, 5.74) is 3.33. The van der Waals surface area contributed by atoms with Crippen LogP contribution in [0.4, 0.5) is 10.8 Å². The monoisotopic (exact) mass is 517 g/mol. The van der Waals surface area contributed by atoms with Gasteiger partial charge in [0.05, 0.1) is 12.8 Å². The molecule has 0 fully saturated rings. The SMILES string of the molecule is CCCC(=O)Nc1ccc(SC(C(=O)Nc2nc(-c3cccc(OC)c3)cs2)c2ccccc2)cc1. The van der Waals surface area contributed by atoms with Gasteiger partial charge in [-0.05, 0) is 48.4 Å². The molecule has 0 aliphatic heterocycles. The lowest BCUT2D eigenvalue weighted by atomic mass is 10.1. The normalized spacial score (nSPS) is 11.5. The fraction of sp³-hybridized carbons (Fsp3) is 0.179. The molecule has 0 bridgehead atoms. The van der Waals surface area contributed by atoms with Crippen molar-refractivity contribution >= 4 is 45.7 Å². The molecule has 2 amide bonds. The third-order valence-electron chi connectivity index (χ3n) is 5.31. The van der Waals surface area contributed by atoms with Crippen molar-refractivity contribution in [1.29, 1.82) is 0 Å². The number of benzene rings is 3. The van der Waals surface area contributed by atoms with Gasteiger partial charge in [-0.3, -0.25) is 9.59 Å². The number of hydrogen-bond donors (Lipinski definition) is 2. The Balaban J connectivity index is 1.49. The number of nitrogens with zero attached hydrogens (tertiary/aromatic N) is 1. The molecule has 184 valence electrons. The van der Waals surface area contributed by atoms with Crippen LogP contribution in [0.2, 0.25) is 0 Å². The predicted octanol–water partition coefficient (Wildman–Crippen LogP) is 7.03. The van der Waals surface area contributed by atoms with E-state index in [-0.39, 0.29) is 11.8 Å². The second-order valence-corrected chi connectivity index (χ2v) is 10.0. The van der Waals surface area contributed by atoms with Gasteiger partial charge >= 0.3 is 0 Å². The van der Waals surface area contributed by atoms with Crippen molar-refractivity contribution in [3.8, 4) is 17.0 Å². The van der Waals surface area contributed by atoms with Crippen LogP contribution >= 0.6 is 23.1 Å². The quantitative estimate of drug-likeness (QED) is 0.221. The van der Waals surface area contributed by atoms with Crippen LogP contribution in [0.5, 0.6) is 5.75 Å². The lowest BCUT2D eigenvalue weighted by Crippen LogP contribution is -2.19. The minimum absolute atomic E-state index is 0.00351. The Morgan fingerprint density at radius 1 is 1.00 bits per heavy atom. The molecule has 6 nitrogen and oxygen atoms in total. The van der Waals surface area contributed by atoms with E-state index in [4.69, 9.17) is 4.74 Å². The first-order chi connectivity index (χ1) is 17.6. The summed E-state index contributed by atoms with van der Waals surface area (Å²) in [6.45, 7) is 1.97. The van der Waals surface area contributed by atoms with Crippen LogP contribution < -0.4 is 15.4 Å². The van der Waals surface area contributed by atoms with Crippen molar-refractivity contribution in [2.24, 2.45) is 0 Å². The highest BCUT2D eigenvalue weighted by Gasteiger charge is 2.23. The number of aromatic nitrogens is 1. The minimum Gasteiger partial charge on any atom is -0.497 e. The van der Waals surface area contributed by atoms with Crippen molar-refractivity contribution in [1.82, 2.24) is 4.98 Å². The van der Waals surface area contributed by atoms with Crippen molar-refractivity contribution in [3.05, 3.63) is 89.8 Å². The molecule has 0 aliphatic carbocycles. The zero-order valence-corrected chi connectivity index (χ0v) is 21.7. The lowest BCUT2D eigenvalue weighted by Gasteiger charge is -2.16. The summed E-state index contributed by atoms with van der Waals surface area (Å²) in [6, 6.07) is 24.9. The van der Waals surface area contributed by atoms with Crippen LogP contribution in [0.1, 0.15) is 30.6 Å². The molecule has 0 radical (unpaired) electrons. The molecule has 1 aromatic heterocycles. The third-order valence-corrected chi connectivity index (χ3v) is 7.33. The number of anilines is 2. The Morgan fingerprint density at radius 3 is 2.50 bits per heavy atom. The second kappa shape index (κ2) is 12.4. The van der Waals surface area contributed by atoms with Gasteiger partial charge in [-0.15, -0.1) is 23.1 Å². The van der Waals surface area contributed by atoms with Gasteiger partial charge in [-0.1, -0.05) is 49.4 Å². The first-order valence-electron chi connectivity index (χ1n) is 11.6. The van der Waals surface area contributed by atoms with E-state index < -0.39 is 5.25 Å². The van der Waals surface area contributed by atoms with Crippen molar-refractivity contribution in [3.63, 3.8) is 0 Å². The van der Waals surface area contributed by atoms with Crippen molar-refractivity contribution < 1.29 is 14.3 Å². The molecule has 0 aliphatic rings. The molecule has 0 saturated heterocycles. The summed E-state index contributed by atoms with van der Waals surface area (Å²) in [5.74, 6) is 0.594. The zero-order valence-electron chi connectivity index (χ0n) is 20.1. The Kier molecular flexibility index (Phi) is 8.76. The Bertz CT molecular complexity index is 1310. The first-order valence-corrected chi connectivity index (χ1v) is 13.3. The number of hydrogen-bond acceptors (Lipinski definition) is 6. The number of thiazole rings is 1. The van der Waals surface area contributed by atoms with E-state index >= 15 is 0 Å². The van der Waals surface area contributed by atoms with Gasteiger partial charge in [0.2, 0.25) is 11.8 Å². The van der Waals surface area contributed by atoms with E-state index in [1.807, 2.05) is 91.2 Å². The Labute approximate surface area is 219 Å². The number of carbonyl (C=O) groups is 2. The van der Waals surface area contributed by atoms with Gasteiger partial charge in [0.15, 0.2) is 5.13 Å². The van der Waals surface area contributed by atoms with Crippen LogP contribution in [0.3, 0.4) is 0 Å². The fourth-order valence-electron chi connectivity index (χ4n) is 3.52. The maximum Gasteiger partial charge on any atom is 0.244 e. The number of thioether (sulfide) groups is 1. The molecule has 0 spiro atoms. The average Bonchev–Trinajstić information content (AvgIpc) is 3.37. The molecular weight excluding hydrogens is 490 g/mol. The minimum atomic E-state index is -0.476. The summed E-state index contributed by atoms with van der Waals surface area (Å²) in [4.78, 5) is 30.8. The Hall–Kier alpha value is -3.62. The average molecular weight is 518 g/mol. The highest BCUT2D eigenvalue weighted by molar-refractivity contribution is 8.00. The van der Waals surface area contributed by atoms with E-state index in [0.29, 0.717) is 11.6 Å². The number of nitrogens with one attached hydrogen (secondary N) is 2. The van der Waals surface area contributed by atoms with Gasteiger partial charge in [-0.25, -0.2) is 4.98 Å². The molecule has 3 aromatic carbocycles. The fourth-order valence-corrected chi connectivity index (χ4v) is 5.27. The third kappa shape index (κ3) is 6.74. The van der Waals surface area contributed by atoms with Gasteiger partial charge in [0.25, 0.3) is 0 Å². The number of ether oxygens (including phenoxy) is 1. The summed E-state index contributed by atoms with van der Waals surface area (Å²) in [5, 5.41) is 7.86. The first kappa shape index (κ1) is 25.5. The maximum absolute atomic E-state index is 13.4. The van der Waals surface area contributed by atoms with E-state index in [1.54, 1.807) is 7.11 Å². The van der Waals surface area contributed by atoms with E-state index in [1.165, 1.54) is 23.1 Å². The summed E-state index contributed by atoms with van der Waals surface area (Å²) < 4.78 is 5.30. The molecule has 1 atom stereocenters. The van der Waals surface area contributed by atoms with E-state index in [0.717, 1.165) is 39.6 Å². The highest BCUT2D eigenvalue weighted by atomic mass is 32.2. The van der Waals surface area contributed by atoms with Crippen molar-refractivity contribution in [2.45, 2.75) is 29.9 Å². The van der Waals surface area contributed by atoms with E-state index in [9.17, 15) is 9.59 Å². The summed E-state index contributed by atoms with van der Waals surface area (Å²) >= 11 is 2.83. The number of methoxy groups -OCH3 is 1. The van der Waals surface area contributed by atoms with Gasteiger partial charge in [-0.2, -0.15) is 0 Å².